The molecule has 2 N–H and O–H groups in total. The van der Waals surface area contributed by atoms with Crippen molar-refractivity contribution in [3.8, 4) is 0 Å². The highest BCUT2D eigenvalue weighted by atomic mass is 16.5. The summed E-state index contributed by atoms with van der Waals surface area (Å²) in [6, 6.07) is 4.81. The Morgan fingerprint density at radius 2 is 2.38 bits per heavy atom. The summed E-state index contributed by atoms with van der Waals surface area (Å²) in [4.78, 5) is 24.5. The minimum atomic E-state index is -0.535. The fraction of sp³-hybridized carbons (Fsp3) is 0.200. The number of H-pyrrole nitrogens is 1. The normalized spacial score (nSPS) is 10.3. The van der Waals surface area contributed by atoms with Crippen LogP contribution >= 0.6 is 0 Å². The van der Waals surface area contributed by atoms with Gasteiger partial charge in [-0.15, -0.1) is 0 Å². The maximum absolute atomic E-state index is 11.1. The van der Waals surface area contributed by atoms with Crippen LogP contribution in [0, 0.1) is 0 Å². The molecule has 0 saturated carbocycles. The molecule has 0 aliphatic heterocycles. The van der Waals surface area contributed by atoms with Crippen molar-refractivity contribution < 1.29 is 13.9 Å². The van der Waals surface area contributed by atoms with E-state index >= 15 is 0 Å². The van der Waals surface area contributed by atoms with Crippen molar-refractivity contribution in [3.05, 3.63) is 28.7 Å². The molecule has 0 spiro atoms. The van der Waals surface area contributed by atoms with Gasteiger partial charge in [-0.05, 0) is 25.1 Å². The molecule has 0 aliphatic carbocycles. The topological polar surface area (TPSA) is 84.3 Å². The molecule has 0 unspecified atom stereocenters. The standard InChI is InChI=1S/C10H10N2O4/c1-2-15-9(13)11-6-3-4-8-7(5-6)12-10(14)16-8/h3-5H,2H2,1H3,(H,11,13)(H,12,14). The predicted octanol–water partition coefficient (Wildman–Crippen LogP) is 1.69. The summed E-state index contributed by atoms with van der Waals surface area (Å²) >= 11 is 0. The van der Waals surface area contributed by atoms with E-state index in [1.165, 1.54) is 0 Å². The van der Waals surface area contributed by atoms with Gasteiger partial charge in [0.1, 0.15) is 0 Å². The van der Waals surface area contributed by atoms with E-state index in [0.29, 0.717) is 23.4 Å². The Kier molecular flexibility index (Phi) is 2.63. The van der Waals surface area contributed by atoms with Gasteiger partial charge in [0.05, 0.1) is 12.1 Å². The van der Waals surface area contributed by atoms with Gasteiger partial charge in [-0.3, -0.25) is 10.3 Å². The van der Waals surface area contributed by atoms with Gasteiger partial charge in [0, 0.05) is 5.69 Å². The van der Waals surface area contributed by atoms with Gasteiger partial charge in [-0.2, -0.15) is 0 Å². The van der Waals surface area contributed by atoms with Crippen LogP contribution < -0.4 is 11.1 Å². The van der Waals surface area contributed by atoms with Crippen molar-refractivity contribution in [2.75, 3.05) is 11.9 Å². The lowest BCUT2D eigenvalue weighted by atomic mass is 10.3. The largest absolute Gasteiger partial charge is 0.450 e. The first-order valence-electron chi connectivity index (χ1n) is 4.75. The highest BCUT2D eigenvalue weighted by Gasteiger charge is 2.05. The number of benzene rings is 1. The summed E-state index contributed by atoms with van der Waals surface area (Å²) in [5.74, 6) is -0.525. The number of hydrogen-bond acceptors (Lipinski definition) is 4. The number of amides is 1. The lowest BCUT2D eigenvalue weighted by Gasteiger charge is -2.04. The molecule has 2 aromatic rings. The maximum Gasteiger partial charge on any atom is 0.417 e. The number of nitrogens with one attached hydrogen (secondary N) is 2. The van der Waals surface area contributed by atoms with Gasteiger partial charge in [0.2, 0.25) is 0 Å². The number of hydrogen-bond donors (Lipinski definition) is 2. The second kappa shape index (κ2) is 4.09. The van der Waals surface area contributed by atoms with Gasteiger partial charge in [-0.1, -0.05) is 0 Å². The second-order valence-corrected chi connectivity index (χ2v) is 3.07. The Morgan fingerprint density at radius 3 is 3.12 bits per heavy atom. The monoisotopic (exact) mass is 222 g/mol. The first-order chi connectivity index (χ1) is 7.69. The van der Waals surface area contributed by atoms with E-state index in [1.54, 1.807) is 25.1 Å². The molecule has 1 heterocycles. The molecule has 0 aliphatic rings. The number of aromatic amines is 1. The third-order valence-corrected chi connectivity index (χ3v) is 1.94. The van der Waals surface area contributed by atoms with Crippen LogP contribution in [0.15, 0.2) is 27.4 Å². The van der Waals surface area contributed by atoms with E-state index < -0.39 is 11.8 Å². The van der Waals surface area contributed by atoms with Gasteiger partial charge >= 0.3 is 11.8 Å². The third kappa shape index (κ3) is 2.05. The molecule has 2 rings (SSSR count). The zero-order chi connectivity index (χ0) is 11.5. The summed E-state index contributed by atoms with van der Waals surface area (Å²) in [6.07, 6.45) is -0.535. The van der Waals surface area contributed by atoms with Crippen LogP contribution in [0.25, 0.3) is 11.1 Å². The quantitative estimate of drug-likeness (QED) is 0.809. The fourth-order valence-electron chi connectivity index (χ4n) is 1.31. The summed E-state index contributed by atoms with van der Waals surface area (Å²) in [7, 11) is 0. The van der Waals surface area contributed by atoms with E-state index in [2.05, 4.69) is 10.3 Å². The molecule has 0 bridgehead atoms. The maximum atomic E-state index is 11.1. The molecule has 0 fully saturated rings. The Bertz CT molecular complexity index is 569. The number of oxazole rings is 1. The summed E-state index contributed by atoms with van der Waals surface area (Å²) in [6.45, 7) is 2.02. The predicted molar refractivity (Wildman–Crippen MR) is 57.5 cm³/mol. The van der Waals surface area contributed by atoms with Crippen molar-refractivity contribution >= 4 is 22.9 Å². The number of carbonyl (C=O) groups is 1. The fourth-order valence-corrected chi connectivity index (χ4v) is 1.31. The molecular formula is C10H10N2O4. The highest BCUT2D eigenvalue weighted by Crippen LogP contribution is 2.16. The van der Waals surface area contributed by atoms with E-state index in [0.717, 1.165) is 0 Å². The number of anilines is 1. The van der Waals surface area contributed by atoms with Gasteiger partial charge in [0.15, 0.2) is 5.58 Å². The number of rotatable bonds is 2. The van der Waals surface area contributed by atoms with E-state index in [1.807, 2.05) is 0 Å². The SMILES string of the molecule is CCOC(=O)Nc1ccc2oc(=O)[nH]c2c1. The minimum Gasteiger partial charge on any atom is -0.450 e. The Morgan fingerprint density at radius 1 is 1.56 bits per heavy atom. The van der Waals surface area contributed by atoms with Crippen LogP contribution in [0.1, 0.15) is 6.92 Å². The van der Waals surface area contributed by atoms with Crippen LogP contribution in [-0.2, 0) is 4.74 Å². The number of aromatic nitrogens is 1. The zero-order valence-electron chi connectivity index (χ0n) is 8.57. The summed E-state index contributed by atoms with van der Waals surface area (Å²) in [5, 5.41) is 2.52. The highest BCUT2D eigenvalue weighted by molar-refractivity contribution is 5.88. The molecule has 0 atom stereocenters. The molecule has 0 saturated heterocycles. The molecule has 6 heteroatoms. The first kappa shape index (κ1) is 10.3. The smallest absolute Gasteiger partial charge is 0.417 e. The summed E-state index contributed by atoms with van der Waals surface area (Å²) in [5.41, 5.74) is 1.50. The molecular weight excluding hydrogens is 212 g/mol. The lowest BCUT2D eigenvalue weighted by Crippen LogP contribution is -2.13. The molecule has 1 aromatic carbocycles. The van der Waals surface area contributed by atoms with Gasteiger partial charge in [-0.25, -0.2) is 9.59 Å². The Balaban J connectivity index is 2.25. The number of carbonyl (C=O) groups excluding carboxylic acids is 1. The summed E-state index contributed by atoms with van der Waals surface area (Å²) < 4.78 is 9.54. The van der Waals surface area contributed by atoms with Crippen LogP contribution in [0.2, 0.25) is 0 Å². The van der Waals surface area contributed by atoms with Crippen molar-refractivity contribution in [1.82, 2.24) is 4.98 Å². The van der Waals surface area contributed by atoms with Gasteiger partial charge in [0.25, 0.3) is 0 Å². The number of ether oxygens (including phenoxy) is 1. The lowest BCUT2D eigenvalue weighted by molar-refractivity contribution is 0.168. The molecule has 16 heavy (non-hydrogen) atoms. The van der Waals surface area contributed by atoms with Gasteiger partial charge < -0.3 is 9.15 Å². The Labute approximate surface area is 90.2 Å². The van der Waals surface area contributed by atoms with Crippen molar-refractivity contribution in [2.45, 2.75) is 6.92 Å². The number of fused-ring (bicyclic) bond motifs is 1. The molecule has 0 radical (unpaired) electrons. The van der Waals surface area contributed by atoms with Crippen LogP contribution in [-0.4, -0.2) is 17.7 Å². The molecule has 1 aromatic heterocycles. The first-order valence-corrected chi connectivity index (χ1v) is 4.75. The van der Waals surface area contributed by atoms with E-state index in [4.69, 9.17) is 9.15 Å². The van der Waals surface area contributed by atoms with Crippen LogP contribution in [0.4, 0.5) is 10.5 Å². The Hall–Kier alpha value is -2.24. The van der Waals surface area contributed by atoms with Crippen LogP contribution in [0.3, 0.4) is 0 Å². The minimum absolute atomic E-state index is 0.302. The van der Waals surface area contributed by atoms with E-state index in [9.17, 15) is 9.59 Å². The second-order valence-electron chi connectivity index (χ2n) is 3.07. The van der Waals surface area contributed by atoms with Crippen LogP contribution in [0.5, 0.6) is 0 Å². The average molecular weight is 222 g/mol. The van der Waals surface area contributed by atoms with E-state index in [-0.39, 0.29) is 0 Å². The third-order valence-electron chi connectivity index (χ3n) is 1.94. The van der Waals surface area contributed by atoms with Crippen molar-refractivity contribution in [3.63, 3.8) is 0 Å². The molecule has 84 valence electrons. The average Bonchev–Trinajstić information content (AvgIpc) is 2.57. The van der Waals surface area contributed by atoms with Crippen molar-refractivity contribution in [2.24, 2.45) is 0 Å². The molecule has 1 amide bonds. The van der Waals surface area contributed by atoms with Crippen molar-refractivity contribution in [1.29, 1.82) is 0 Å². The zero-order valence-corrected chi connectivity index (χ0v) is 8.57. The molecule has 6 nitrogen and oxygen atoms in total.